The average Bonchev–Trinajstić information content (AvgIpc) is 2.60. The highest BCUT2D eigenvalue weighted by molar-refractivity contribution is 8.01. The number of nitrogens with zero attached hydrogens (tertiary/aromatic N) is 2. The minimum Gasteiger partial charge on any atom is -0.306 e. The number of hydroxylamine groups is 2. The largest absolute Gasteiger partial charge is 0.306 e. The third kappa shape index (κ3) is 3.27. The Morgan fingerprint density at radius 3 is 2.67 bits per heavy atom. The van der Waals surface area contributed by atoms with Gasteiger partial charge in [-0.05, 0) is 18.2 Å². The molecule has 1 unspecified atom stereocenters. The minimum absolute atomic E-state index is 0.0894. The Labute approximate surface area is 142 Å². The number of fused-ring (bicyclic) bond motifs is 1. The Morgan fingerprint density at radius 1 is 1.21 bits per heavy atom. The molecule has 2 aromatic carbocycles. The molecule has 0 saturated heterocycles. The quantitative estimate of drug-likeness (QED) is 0.514. The van der Waals surface area contributed by atoms with Crippen molar-refractivity contribution < 1.29 is 19.2 Å². The van der Waals surface area contributed by atoms with Gasteiger partial charge in [0.15, 0.2) is 0 Å². The fraction of sp³-hybridized carbons (Fsp3) is 0.176. The Morgan fingerprint density at radius 2 is 1.92 bits per heavy atom. The van der Waals surface area contributed by atoms with Crippen molar-refractivity contribution in [1.82, 2.24) is 5.06 Å². The normalized spacial score (nSPS) is 16.7. The van der Waals surface area contributed by atoms with Gasteiger partial charge in [-0.15, -0.1) is 11.8 Å². The first-order chi connectivity index (χ1) is 11.6. The predicted octanol–water partition coefficient (Wildman–Crippen LogP) is 2.68. The number of rotatable bonds is 5. The Kier molecular flexibility index (Phi) is 4.82. The molecule has 2 amide bonds. The van der Waals surface area contributed by atoms with E-state index in [0.29, 0.717) is 16.3 Å². The summed E-state index contributed by atoms with van der Waals surface area (Å²) in [5.74, 6) is -0.655. The lowest BCUT2D eigenvalue weighted by molar-refractivity contribution is -0.150. The van der Waals surface area contributed by atoms with Crippen molar-refractivity contribution in [2.45, 2.75) is 16.7 Å². The van der Waals surface area contributed by atoms with Gasteiger partial charge in [0.05, 0.1) is 18.8 Å². The van der Waals surface area contributed by atoms with Crippen molar-refractivity contribution in [1.29, 1.82) is 0 Å². The van der Waals surface area contributed by atoms with Crippen LogP contribution in [0.1, 0.15) is 5.56 Å². The van der Waals surface area contributed by atoms with Gasteiger partial charge >= 0.3 is 0 Å². The zero-order chi connectivity index (χ0) is 17.1. The molecule has 0 bridgehead atoms. The maximum atomic E-state index is 14.0. The minimum atomic E-state index is -0.651. The zero-order valence-electron chi connectivity index (χ0n) is 12.6. The van der Waals surface area contributed by atoms with E-state index in [9.17, 15) is 19.2 Å². The van der Waals surface area contributed by atoms with Crippen LogP contribution in [0.25, 0.3) is 0 Å². The molecule has 0 radical (unpaired) electrons. The van der Waals surface area contributed by atoms with Gasteiger partial charge in [0.1, 0.15) is 11.1 Å². The van der Waals surface area contributed by atoms with Crippen molar-refractivity contribution in [2.75, 3.05) is 11.4 Å². The van der Waals surface area contributed by atoms with Crippen LogP contribution in [0, 0.1) is 5.82 Å². The summed E-state index contributed by atoms with van der Waals surface area (Å²) < 4.78 is 14.0. The molecule has 1 aliphatic rings. The van der Waals surface area contributed by atoms with E-state index in [-0.39, 0.29) is 31.2 Å². The van der Waals surface area contributed by atoms with E-state index in [4.69, 9.17) is 0 Å². The monoisotopic (exact) mass is 346 g/mol. The average molecular weight is 346 g/mol. The van der Waals surface area contributed by atoms with Gasteiger partial charge in [-0.25, -0.2) is 9.45 Å². The standard InChI is InChI=1S/C17H15FN2O3S/c18-13-6-2-1-5-12(13)9-20-14-7-3-4-8-15(14)24-16(17(20)22)10-19(23)11-21/h1-8,11,16,23H,9-10H2. The van der Waals surface area contributed by atoms with E-state index >= 15 is 0 Å². The maximum Gasteiger partial charge on any atom is 0.242 e. The Bertz CT molecular complexity index is 771. The molecule has 2 aromatic rings. The highest BCUT2D eigenvalue weighted by atomic mass is 32.2. The van der Waals surface area contributed by atoms with E-state index < -0.39 is 5.25 Å². The van der Waals surface area contributed by atoms with Crippen LogP contribution < -0.4 is 4.90 Å². The Hall–Kier alpha value is -2.38. The molecule has 3 rings (SSSR count). The predicted molar refractivity (Wildman–Crippen MR) is 88.2 cm³/mol. The van der Waals surface area contributed by atoms with E-state index in [2.05, 4.69) is 0 Å². The van der Waals surface area contributed by atoms with Crippen LogP contribution in [0.3, 0.4) is 0 Å². The number of carbonyl (C=O) groups excluding carboxylic acids is 2. The number of carbonyl (C=O) groups is 2. The third-order valence-corrected chi connectivity index (χ3v) is 4.96. The van der Waals surface area contributed by atoms with Gasteiger partial charge in [-0.2, -0.15) is 0 Å². The molecular formula is C17H15FN2O3S. The highest BCUT2D eigenvalue weighted by Gasteiger charge is 2.34. The van der Waals surface area contributed by atoms with E-state index in [1.807, 2.05) is 18.2 Å². The van der Waals surface area contributed by atoms with Crippen molar-refractivity contribution in [3.8, 4) is 0 Å². The first kappa shape index (κ1) is 16.5. The summed E-state index contributed by atoms with van der Waals surface area (Å²) in [6, 6.07) is 13.6. The molecule has 24 heavy (non-hydrogen) atoms. The van der Waals surface area contributed by atoms with E-state index in [0.717, 1.165) is 4.90 Å². The lowest BCUT2D eigenvalue weighted by Crippen LogP contribution is -2.45. The lowest BCUT2D eigenvalue weighted by Gasteiger charge is -2.34. The van der Waals surface area contributed by atoms with E-state index in [1.54, 1.807) is 24.3 Å². The van der Waals surface area contributed by atoms with Gasteiger partial charge in [-0.1, -0.05) is 30.3 Å². The molecule has 0 aromatic heterocycles. The summed E-state index contributed by atoms with van der Waals surface area (Å²) in [5.41, 5.74) is 1.10. The molecule has 1 N–H and O–H groups in total. The molecule has 0 saturated carbocycles. The maximum absolute atomic E-state index is 14.0. The van der Waals surface area contributed by atoms with Crippen LogP contribution in [0.5, 0.6) is 0 Å². The molecule has 5 nitrogen and oxygen atoms in total. The molecule has 0 spiro atoms. The summed E-state index contributed by atoms with van der Waals surface area (Å²) in [6.45, 7) is -0.0405. The van der Waals surface area contributed by atoms with Crippen LogP contribution in [-0.2, 0) is 16.1 Å². The van der Waals surface area contributed by atoms with Crippen molar-refractivity contribution >= 4 is 29.8 Å². The first-order valence-electron chi connectivity index (χ1n) is 7.31. The number of anilines is 1. The number of hydrogen-bond acceptors (Lipinski definition) is 4. The Balaban J connectivity index is 1.94. The smallest absolute Gasteiger partial charge is 0.242 e. The van der Waals surface area contributed by atoms with Gasteiger partial charge in [0, 0.05) is 10.5 Å². The number of para-hydroxylation sites is 1. The molecule has 1 atom stereocenters. The molecule has 7 heteroatoms. The van der Waals surface area contributed by atoms with Gasteiger partial charge in [0.2, 0.25) is 12.3 Å². The summed E-state index contributed by atoms with van der Waals surface area (Å²) in [7, 11) is 0. The fourth-order valence-electron chi connectivity index (χ4n) is 2.56. The summed E-state index contributed by atoms with van der Waals surface area (Å²) in [6.07, 6.45) is 0.259. The number of halogens is 1. The summed E-state index contributed by atoms with van der Waals surface area (Å²) >= 11 is 1.28. The summed E-state index contributed by atoms with van der Waals surface area (Å²) in [4.78, 5) is 25.8. The molecule has 124 valence electrons. The second-order valence-electron chi connectivity index (χ2n) is 5.32. The van der Waals surface area contributed by atoms with Crippen LogP contribution in [-0.4, -0.2) is 34.4 Å². The van der Waals surface area contributed by atoms with Crippen molar-refractivity contribution in [2.24, 2.45) is 0 Å². The van der Waals surface area contributed by atoms with Gasteiger partial charge < -0.3 is 4.90 Å². The third-order valence-electron chi connectivity index (χ3n) is 3.73. The first-order valence-corrected chi connectivity index (χ1v) is 8.19. The number of benzene rings is 2. The highest BCUT2D eigenvalue weighted by Crippen LogP contribution is 2.40. The number of thioether (sulfide) groups is 1. The van der Waals surface area contributed by atoms with Gasteiger partial charge in [0.25, 0.3) is 0 Å². The zero-order valence-corrected chi connectivity index (χ0v) is 13.4. The van der Waals surface area contributed by atoms with Crippen LogP contribution in [0.2, 0.25) is 0 Å². The van der Waals surface area contributed by atoms with Crippen LogP contribution in [0.4, 0.5) is 10.1 Å². The second-order valence-corrected chi connectivity index (χ2v) is 6.56. The SMILES string of the molecule is O=CN(O)CC1Sc2ccccc2N(Cc2ccccc2F)C1=O. The van der Waals surface area contributed by atoms with Crippen molar-refractivity contribution in [3.05, 3.63) is 59.9 Å². The molecule has 1 aliphatic heterocycles. The lowest BCUT2D eigenvalue weighted by atomic mass is 10.1. The molecular weight excluding hydrogens is 331 g/mol. The topological polar surface area (TPSA) is 60.9 Å². The summed E-state index contributed by atoms with van der Waals surface area (Å²) in [5, 5.41) is 9.22. The molecule has 1 heterocycles. The molecule has 0 fully saturated rings. The number of hydrogen-bond donors (Lipinski definition) is 1. The fourth-order valence-corrected chi connectivity index (χ4v) is 3.78. The van der Waals surface area contributed by atoms with Gasteiger partial charge in [-0.3, -0.25) is 14.8 Å². The van der Waals surface area contributed by atoms with Crippen LogP contribution >= 0.6 is 11.8 Å². The van der Waals surface area contributed by atoms with Crippen molar-refractivity contribution in [3.63, 3.8) is 0 Å². The second kappa shape index (κ2) is 7.02. The van der Waals surface area contributed by atoms with E-state index in [1.165, 1.54) is 22.7 Å². The van der Waals surface area contributed by atoms with Crippen LogP contribution in [0.15, 0.2) is 53.4 Å². The number of amides is 2. The molecule has 0 aliphatic carbocycles.